The number of aliphatic imine (C=N–C) groups is 1. The van der Waals surface area contributed by atoms with E-state index < -0.39 is 0 Å². The second-order valence-electron chi connectivity index (χ2n) is 4.80. The highest BCUT2D eigenvalue weighted by atomic mass is 79.9. The van der Waals surface area contributed by atoms with Crippen LogP contribution in [0.1, 0.15) is 17.2 Å². The van der Waals surface area contributed by atoms with Crippen LogP contribution in [0.4, 0.5) is 11.4 Å². The maximum Gasteiger partial charge on any atom is 0.0924 e. The molecule has 2 nitrogen and oxygen atoms in total. The average Bonchev–Trinajstić information content (AvgIpc) is 2.47. The zero-order valence-electron chi connectivity index (χ0n) is 11.0. The van der Waals surface area contributed by atoms with Crippen LogP contribution in [-0.2, 0) is 0 Å². The molecular weight excluding hydrogens is 336 g/mol. The number of fused-ring (bicyclic) bond motifs is 1. The standard InChI is InChI=1S/C16H14BrClN2/c1-10-5-4-8-13-15(10)20-16(14(9-17)19-13)11-6-2-3-7-12(11)18/h2-8,16,20H,9H2,1H3. The number of aryl methyl sites for hydroxylation is 1. The lowest BCUT2D eigenvalue weighted by Gasteiger charge is -2.28. The van der Waals surface area contributed by atoms with Gasteiger partial charge >= 0.3 is 0 Å². The molecule has 0 aliphatic carbocycles. The Balaban J connectivity index is 2.11. The number of hydrogen-bond acceptors (Lipinski definition) is 2. The van der Waals surface area contributed by atoms with E-state index in [2.05, 4.69) is 34.2 Å². The molecule has 0 amide bonds. The summed E-state index contributed by atoms with van der Waals surface area (Å²) >= 11 is 9.87. The van der Waals surface area contributed by atoms with Crippen LogP contribution < -0.4 is 5.32 Å². The number of nitrogens with one attached hydrogen (secondary N) is 1. The smallest absolute Gasteiger partial charge is 0.0924 e. The Morgan fingerprint density at radius 2 is 2.00 bits per heavy atom. The molecule has 2 aromatic rings. The van der Waals surface area contributed by atoms with Crippen molar-refractivity contribution < 1.29 is 0 Å². The van der Waals surface area contributed by atoms with E-state index in [1.54, 1.807) is 0 Å². The van der Waals surface area contributed by atoms with Crippen molar-refractivity contribution in [1.29, 1.82) is 0 Å². The molecule has 0 radical (unpaired) electrons. The summed E-state index contributed by atoms with van der Waals surface area (Å²) in [7, 11) is 0. The fourth-order valence-corrected chi connectivity index (χ4v) is 3.15. The SMILES string of the molecule is Cc1cccc2c1NC(c1ccccc1Cl)C(CBr)=N2. The summed E-state index contributed by atoms with van der Waals surface area (Å²) in [6.07, 6.45) is 0. The molecule has 3 rings (SSSR count). The minimum Gasteiger partial charge on any atom is -0.371 e. The number of halogens is 2. The fourth-order valence-electron chi connectivity index (χ4n) is 2.45. The Morgan fingerprint density at radius 3 is 2.75 bits per heavy atom. The molecule has 1 aliphatic rings. The topological polar surface area (TPSA) is 24.4 Å². The van der Waals surface area contributed by atoms with Crippen molar-refractivity contribution in [2.45, 2.75) is 13.0 Å². The molecular formula is C16H14BrClN2. The molecule has 102 valence electrons. The second kappa shape index (κ2) is 5.58. The minimum absolute atomic E-state index is 0.0108. The molecule has 4 heteroatoms. The fraction of sp³-hybridized carbons (Fsp3) is 0.188. The van der Waals surface area contributed by atoms with Crippen LogP contribution in [0.25, 0.3) is 0 Å². The third kappa shape index (κ3) is 2.36. The summed E-state index contributed by atoms with van der Waals surface area (Å²) in [5, 5.41) is 5.05. The van der Waals surface area contributed by atoms with E-state index in [-0.39, 0.29) is 6.04 Å². The Bertz CT molecular complexity index is 682. The lowest BCUT2D eigenvalue weighted by Crippen LogP contribution is -2.25. The number of anilines is 1. The molecule has 1 heterocycles. The van der Waals surface area contributed by atoms with Crippen molar-refractivity contribution in [3.63, 3.8) is 0 Å². The van der Waals surface area contributed by atoms with Gasteiger partial charge in [-0.15, -0.1) is 0 Å². The van der Waals surface area contributed by atoms with Crippen LogP contribution in [0.15, 0.2) is 47.5 Å². The molecule has 0 aromatic heterocycles. The van der Waals surface area contributed by atoms with Crippen molar-refractivity contribution in [3.8, 4) is 0 Å². The van der Waals surface area contributed by atoms with Gasteiger partial charge in [0.05, 0.1) is 23.1 Å². The Kier molecular flexibility index (Phi) is 3.81. The Morgan fingerprint density at radius 1 is 1.20 bits per heavy atom. The molecule has 20 heavy (non-hydrogen) atoms. The highest BCUT2D eigenvalue weighted by molar-refractivity contribution is 9.09. The van der Waals surface area contributed by atoms with E-state index in [0.717, 1.165) is 27.7 Å². The van der Waals surface area contributed by atoms with Gasteiger partial charge in [-0.25, -0.2) is 0 Å². The summed E-state index contributed by atoms with van der Waals surface area (Å²) in [6.45, 7) is 2.09. The quantitative estimate of drug-likeness (QED) is 0.733. The molecule has 2 aromatic carbocycles. The van der Waals surface area contributed by atoms with Crippen molar-refractivity contribution in [1.82, 2.24) is 0 Å². The van der Waals surface area contributed by atoms with Crippen molar-refractivity contribution in [3.05, 3.63) is 58.6 Å². The molecule has 1 N–H and O–H groups in total. The number of nitrogens with zero attached hydrogens (tertiary/aromatic N) is 1. The number of alkyl halides is 1. The third-order valence-electron chi connectivity index (χ3n) is 3.49. The summed E-state index contributed by atoms with van der Waals surface area (Å²) in [6, 6.07) is 14.1. The highest BCUT2D eigenvalue weighted by Crippen LogP contribution is 2.39. The summed E-state index contributed by atoms with van der Waals surface area (Å²) in [5.74, 6) is 0. The lowest BCUT2D eigenvalue weighted by molar-refractivity contribution is 1.01. The molecule has 0 saturated carbocycles. The molecule has 1 atom stereocenters. The van der Waals surface area contributed by atoms with E-state index >= 15 is 0 Å². The molecule has 0 fully saturated rings. The molecule has 0 saturated heterocycles. The van der Waals surface area contributed by atoms with Gasteiger partial charge in [-0.1, -0.05) is 57.9 Å². The highest BCUT2D eigenvalue weighted by Gasteiger charge is 2.25. The average molecular weight is 350 g/mol. The maximum atomic E-state index is 6.34. The van der Waals surface area contributed by atoms with E-state index in [1.165, 1.54) is 5.56 Å². The number of para-hydroxylation sites is 1. The molecule has 0 spiro atoms. The van der Waals surface area contributed by atoms with E-state index in [9.17, 15) is 0 Å². The van der Waals surface area contributed by atoms with Gasteiger partial charge in [-0.3, -0.25) is 4.99 Å². The van der Waals surface area contributed by atoms with Gasteiger partial charge in [0, 0.05) is 10.4 Å². The number of hydrogen-bond donors (Lipinski definition) is 1. The Hall–Kier alpha value is -1.32. The normalized spacial score (nSPS) is 17.1. The summed E-state index contributed by atoms with van der Waals surface area (Å²) < 4.78 is 0. The van der Waals surface area contributed by atoms with E-state index in [0.29, 0.717) is 5.33 Å². The number of benzene rings is 2. The summed E-state index contributed by atoms with van der Waals surface area (Å²) in [5.41, 5.74) is 5.36. The zero-order valence-corrected chi connectivity index (χ0v) is 13.4. The van der Waals surface area contributed by atoms with Gasteiger partial charge in [-0.05, 0) is 30.2 Å². The predicted octanol–water partition coefficient (Wildman–Crippen LogP) is 5.28. The molecule has 1 unspecified atom stereocenters. The zero-order chi connectivity index (χ0) is 14.1. The van der Waals surface area contributed by atoms with Gasteiger partial charge in [0.2, 0.25) is 0 Å². The van der Waals surface area contributed by atoms with Gasteiger partial charge in [-0.2, -0.15) is 0 Å². The van der Waals surface area contributed by atoms with Gasteiger partial charge in [0.1, 0.15) is 0 Å². The first-order chi connectivity index (χ1) is 9.70. The van der Waals surface area contributed by atoms with Gasteiger partial charge < -0.3 is 5.32 Å². The van der Waals surface area contributed by atoms with E-state index in [1.807, 2.05) is 36.4 Å². The molecule has 1 aliphatic heterocycles. The first-order valence-electron chi connectivity index (χ1n) is 6.44. The van der Waals surface area contributed by atoms with Crippen LogP contribution in [0.2, 0.25) is 5.02 Å². The first-order valence-corrected chi connectivity index (χ1v) is 7.94. The third-order valence-corrected chi connectivity index (χ3v) is 4.41. The summed E-state index contributed by atoms with van der Waals surface area (Å²) in [4.78, 5) is 4.77. The predicted molar refractivity (Wildman–Crippen MR) is 89.9 cm³/mol. The van der Waals surface area contributed by atoms with Crippen molar-refractivity contribution >= 4 is 44.6 Å². The second-order valence-corrected chi connectivity index (χ2v) is 5.77. The molecule has 0 bridgehead atoms. The van der Waals surface area contributed by atoms with Crippen LogP contribution in [0.3, 0.4) is 0 Å². The largest absolute Gasteiger partial charge is 0.371 e. The number of rotatable bonds is 2. The van der Waals surface area contributed by atoms with Gasteiger partial charge in [0.25, 0.3) is 0 Å². The van der Waals surface area contributed by atoms with Crippen molar-refractivity contribution in [2.75, 3.05) is 10.6 Å². The minimum atomic E-state index is 0.0108. The van der Waals surface area contributed by atoms with Crippen LogP contribution in [0, 0.1) is 6.92 Å². The van der Waals surface area contributed by atoms with Crippen LogP contribution in [-0.4, -0.2) is 11.0 Å². The van der Waals surface area contributed by atoms with Crippen LogP contribution in [0.5, 0.6) is 0 Å². The monoisotopic (exact) mass is 348 g/mol. The lowest BCUT2D eigenvalue weighted by atomic mass is 9.99. The van der Waals surface area contributed by atoms with E-state index in [4.69, 9.17) is 16.6 Å². The van der Waals surface area contributed by atoms with Crippen LogP contribution >= 0.6 is 27.5 Å². The first kappa shape index (κ1) is 13.7. The van der Waals surface area contributed by atoms with Crippen molar-refractivity contribution in [2.24, 2.45) is 4.99 Å². The Labute approximate surface area is 132 Å². The maximum absolute atomic E-state index is 6.34. The van der Waals surface area contributed by atoms with Gasteiger partial charge in [0.15, 0.2) is 0 Å².